The van der Waals surface area contributed by atoms with Crippen LogP contribution in [0.15, 0.2) is 85.3 Å². The van der Waals surface area contributed by atoms with Gasteiger partial charge in [0.15, 0.2) is 0 Å². The van der Waals surface area contributed by atoms with Gasteiger partial charge in [-0.05, 0) is 52.7 Å². The number of nitrogens with one attached hydrogen (secondary N) is 2. The number of hydrogen-bond donors (Lipinski definition) is 5. The first-order valence-corrected chi connectivity index (χ1v) is 12.9. The monoisotopic (exact) mass is 555 g/mol. The Morgan fingerprint density at radius 1 is 1.05 bits per heavy atom. The van der Waals surface area contributed by atoms with E-state index in [0.717, 1.165) is 22.8 Å². The minimum absolute atomic E-state index is 0.0608. The summed E-state index contributed by atoms with van der Waals surface area (Å²) >= 11 is 0. The van der Waals surface area contributed by atoms with E-state index >= 15 is 0 Å². The molecule has 7 N–H and O–H groups in total. The first-order valence-electron chi connectivity index (χ1n) is 12.9. The molecule has 2 amide bonds. The molecular formula is C30H39F2N5O3. The second kappa shape index (κ2) is 15.2. The Morgan fingerprint density at radius 3 is 2.27 bits per heavy atom. The summed E-state index contributed by atoms with van der Waals surface area (Å²) in [6, 6.07) is 9.90. The van der Waals surface area contributed by atoms with Gasteiger partial charge in [-0.2, -0.15) is 0 Å². The van der Waals surface area contributed by atoms with Crippen LogP contribution < -0.4 is 22.1 Å². The van der Waals surface area contributed by atoms with Gasteiger partial charge < -0.3 is 27.2 Å². The summed E-state index contributed by atoms with van der Waals surface area (Å²) in [5.74, 6) is -2.67. The highest BCUT2D eigenvalue weighted by Gasteiger charge is 2.26. The Hall–Kier alpha value is -3.73. The third-order valence-electron chi connectivity index (χ3n) is 6.21. The molecule has 3 atom stereocenters. The standard InChI is InChI=1S/C30H39F2N5O3/c1-19(31)12-24(20(2)32)14-25(33)15-27(38)36-17-30(3,4)18-37-29(40)28(39)26(34)13-21-7-9-22(10-8-21)23-6-5-11-35-16-23/h5-12,16,25-26,28,39H,1-2,13-15,17-18,33-34H2,3-4H3,(H,36,38)(H,37,40)/b24-12-. The van der Waals surface area contributed by atoms with Crippen LogP contribution in [0.3, 0.4) is 0 Å². The highest BCUT2D eigenvalue weighted by molar-refractivity contribution is 5.81. The molecule has 1 heterocycles. The van der Waals surface area contributed by atoms with Gasteiger partial charge in [-0.1, -0.05) is 57.3 Å². The molecule has 0 saturated carbocycles. The number of amides is 2. The lowest BCUT2D eigenvalue weighted by Gasteiger charge is -2.27. The summed E-state index contributed by atoms with van der Waals surface area (Å²) in [5, 5.41) is 15.9. The number of allylic oxidation sites excluding steroid dienone is 3. The maximum atomic E-state index is 13.5. The zero-order chi connectivity index (χ0) is 29.9. The third-order valence-corrected chi connectivity index (χ3v) is 6.21. The van der Waals surface area contributed by atoms with Gasteiger partial charge in [-0.25, -0.2) is 8.78 Å². The molecule has 0 aliphatic rings. The van der Waals surface area contributed by atoms with Crippen molar-refractivity contribution in [3.05, 3.63) is 90.8 Å². The first-order chi connectivity index (χ1) is 18.8. The first kappa shape index (κ1) is 32.5. The lowest BCUT2D eigenvalue weighted by atomic mass is 9.92. The van der Waals surface area contributed by atoms with Gasteiger partial charge in [-0.15, -0.1) is 0 Å². The van der Waals surface area contributed by atoms with Gasteiger partial charge in [-0.3, -0.25) is 14.6 Å². The zero-order valence-corrected chi connectivity index (χ0v) is 23.0. The smallest absolute Gasteiger partial charge is 0.250 e. The molecule has 1 aromatic heterocycles. The molecular weight excluding hydrogens is 516 g/mol. The molecule has 2 aromatic rings. The second-order valence-electron chi connectivity index (χ2n) is 10.6. The largest absolute Gasteiger partial charge is 0.382 e. The van der Waals surface area contributed by atoms with Crippen molar-refractivity contribution < 1.29 is 23.5 Å². The van der Waals surface area contributed by atoms with Crippen molar-refractivity contribution in [2.75, 3.05) is 13.1 Å². The van der Waals surface area contributed by atoms with E-state index < -0.39 is 41.2 Å². The van der Waals surface area contributed by atoms with Crippen LogP contribution in [0.5, 0.6) is 0 Å². The summed E-state index contributed by atoms with van der Waals surface area (Å²) in [6.07, 6.45) is 3.04. The fourth-order valence-corrected chi connectivity index (χ4v) is 3.88. The summed E-state index contributed by atoms with van der Waals surface area (Å²) in [4.78, 5) is 29.0. The Kier molecular flexibility index (Phi) is 12.3. The summed E-state index contributed by atoms with van der Waals surface area (Å²) in [6.45, 7) is 10.2. The molecule has 0 spiro atoms. The summed E-state index contributed by atoms with van der Waals surface area (Å²) in [7, 11) is 0. The zero-order valence-electron chi connectivity index (χ0n) is 23.0. The third kappa shape index (κ3) is 11.2. The lowest BCUT2D eigenvalue weighted by molar-refractivity contribution is -0.130. The van der Waals surface area contributed by atoms with Crippen molar-refractivity contribution in [3.63, 3.8) is 0 Å². The van der Waals surface area contributed by atoms with E-state index in [9.17, 15) is 23.5 Å². The molecule has 216 valence electrons. The van der Waals surface area contributed by atoms with E-state index in [-0.39, 0.29) is 37.4 Å². The van der Waals surface area contributed by atoms with E-state index in [0.29, 0.717) is 6.42 Å². The topological polar surface area (TPSA) is 143 Å². The highest BCUT2D eigenvalue weighted by Crippen LogP contribution is 2.20. The quantitative estimate of drug-likeness (QED) is 0.214. The van der Waals surface area contributed by atoms with Crippen LogP contribution >= 0.6 is 0 Å². The van der Waals surface area contributed by atoms with Gasteiger partial charge in [0, 0.05) is 44.0 Å². The van der Waals surface area contributed by atoms with E-state index in [4.69, 9.17) is 11.5 Å². The minimum atomic E-state index is -1.42. The predicted molar refractivity (Wildman–Crippen MR) is 153 cm³/mol. The van der Waals surface area contributed by atoms with Gasteiger partial charge >= 0.3 is 0 Å². The van der Waals surface area contributed by atoms with E-state index in [1.54, 1.807) is 12.4 Å². The maximum absolute atomic E-state index is 13.5. The van der Waals surface area contributed by atoms with Crippen molar-refractivity contribution in [2.45, 2.75) is 51.3 Å². The van der Waals surface area contributed by atoms with E-state index in [2.05, 4.69) is 28.8 Å². The van der Waals surface area contributed by atoms with Crippen molar-refractivity contribution in [1.82, 2.24) is 15.6 Å². The fourth-order valence-electron chi connectivity index (χ4n) is 3.88. The van der Waals surface area contributed by atoms with Crippen LogP contribution in [-0.2, 0) is 16.0 Å². The number of carbonyl (C=O) groups is 2. The average molecular weight is 556 g/mol. The Bertz CT molecular complexity index is 1200. The van der Waals surface area contributed by atoms with E-state index in [1.165, 1.54) is 0 Å². The van der Waals surface area contributed by atoms with Crippen LogP contribution in [0.4, 0.5) is 8.78 Å². The molecule has 0 aliphatic carbocycles. The summed E-state index contributed by atoms with van der Waals surface area (Å²) in [5.41, 5.74) is 14.3. The van der Waals surface area contributed by atoms with Gasteiger partial charge in [0.05, 0.1) is 0 Å². The molecule has 3 unspecified atom stereocenters. The van der Waals surface area contributed by atoms with Crippen molar-refractivity contribution >= 4 is 11.8 Å². The molecule has 1 aromatic carbocycles. The normalized spacial score (nSPS) is 14.1. The number of pyridine rings is 1. The number of hydrogen-bond acceptors (Lipinski definition) is 6. The van der Waals surface area contributed by atoms with Gasteiger partial charge in [0.1, 0.15) is 17.8 Å². The van der Waals surface area contributed by atoms with Crippen LogP contribution in [0.25, 0.3) is 11.1 Å². The molecule has 40 heavy (non-hydrogen) atoms. The number of aliphatic hydroxyl groups is 1. The minimum Gasteiger partial charge on any atom is -0.382 e. The number of aromatic nitrogens is 1. The van der Waals surface area contributed by atoms with Gasteiger partial charge in [0.2, 0.25) is 11.8 Å². The maximum Gasteiger partial charge on any atom is 0.250 e. The Labute approximate surface area is 234 Å². The molecule has 0 saturated heterocycles. The highest BCUT2D eigenvalue weighted by atomic mass is 19.1. The number of benzene rings is 1. The molecule has 2 rings (SSSR count). The number of rotatable bonds is 15. The number of halogens is 2. The fraction of sp³-hybridized carbons (Fsp3) is 0.367. The number of aliphatic hydroxyl groups excluding tert-OH is 1. The average Bonchev–Trinajstić information content (AvgIpc) is 2.90. The molecule has 0 radical (unpaired) electrons. The summed E-state index contributed by atoms with van der Waals surface area (Å²) < 4.78 is 26.5. The Balaban J connectivity index is 1.79. The molecule has 0 bridgehead atoms. The lowest BCUT2D eigenvalue weighted by Crippen LogP contribution is -2.50. The molecule has 10 heteroatoms. The van der Waals surface area contributed by atoms with Crippen molar-refractivity contribution in [3.8, 4) is 11.1 Å². The van der Waals surface area contributed by atoms with Crippen LogP contribution in [0.1, 0.15) is 32.3 Å². The number of nitrogens with zero attached hydrogens (tertiary/aromatic N) is 1. The SMILES string of the molecule is C=C(F)/C=C(/CC(N)CC(=O)NCC(C)(C)CNC(=O)C(O)C(N)Cc1ccc(-c2cccnc2)cc1)C(=C)F. The van der Waals surface area contributed by atoms with Crippen LogP contribution in [-0.4, -0.2) is 53.2 Å². The van der Waals surface area contributed by atoms with Crippen molar-refractivity contribution in [2.24, 2.45) is 16.9 Å². The van der Waals surface area contributed by atoms with E-state index in [1.807, 2.05) is 50.2 Å². The molecule has 0 fully saturated rings. The number of nitrogens with two attached hydrogens (primary N) is 2. The molecule has 8 nitrogen and oxygen atoms in total. The molecule has 0 aliphatic heterocycles. The predicted octanol–water partition coefficient (Wildman–Crippen LogP) is 3.24. The van der Waals surface area contributed by atoms with Crippen LogP contribution in [0.2, 0.25) is 0 Å². The van der Waals surface area contributed by atoms with Crippen molar-refractivity contribution in [1.29, 1.82) is 0 Å². The Morgan fingerprint density at radius 2 is 1.70 bits per heavy atom. The van der Waals surface area contributed by atoms with Gasteiger partial charge in [0.25, 0.3) is 0 Å². The number of carbonyl (C=O) groups excluding carboxylic acids is 2. The second-order valence-corrected chi connectivity index (χ2v) is 10.6. The van der Waals surface area contributed by atoms with Crippen LogP contribution in [0, 0.1) is 5.41 Å².